The van der Waals surface area contributed by atoms with Crippen LogP contribution in [0.5, 0.6) is 0 Å². The maximum absolute atomic E-state index is 12.8. The second-order valence-electron chi connectivity index (χ2n) is 8.53. The molecule has 0 aliphatic carbocycles. The van der Waals surface area contributed by atoms with E-state index in [1.807, 2.05) is 12.1 Å². The molecule has 0 bridgehead atoms. The molecular formula is C24H33N5O. The Morgan fingerprint density at radius 3 is 1.43 bits per heavy atom. The van der Waals surface area contributed by atoms with Crippen LogP contribution in [0.2, 0.25) is 0 Å². The van der Waals surface area contributed by atoms with Crippen LogP contribution in [0.4, 0.5) is 11.4 Å². The summed E-state index contributed by atoms with van der Waals surface area (Å²) in [6.07, 6.45) is 0. The van der Waals surface area contributed by atoms with E-state index in [2.05, 4.69) is 70.1 Å². The Balaban J connectivity index is 1.72. The summed E-state index contributed by atoms with van der Waals surface area (Å²) in [5, 5.41) is 0. The van der Waals surface area contributed by atoms with Crippen LogP contribution >= 0.6 is 0 Å². The molecule has 2 heterocycles. The topological polar surface area (TPSA) is 56.1 Å². The van der Waals surface area contributed by atoms with Crippen molar-refractivity contribution in [2.24, 2.45) is 5.73 Å². The number of hydrogen-bond donors (Lipinski definition) is 1. The molecule has 160 valence electrons. The molecule has 2 aromatic rings. The van der Waals surface area contributed by atoms with Gasteiger partial charge in [-0.25, -0.2) is 0 Å². The number of primary amides is 1. The van der Waals surface area contributed by atoms with Crippen molar-refractivity contribution in [1.29, 1.82) is 0 Å². The van der Waals surface area contributed by atoms with Gasteiger partial charge in [-0.05, 0) is 37.4 Å². The fourth-order valence-electron chi connectivity index (χ4n) is 4.61. The normalized spacial score (nSPS) is 18.8. The van der Waals surface area contributed by atoms with E-state index in [0.29, 0.717) is 0 Å². The molecule has 0 saturated carbocycles. The van der Waals surface area contributed by atoms with Crippen LogP contribution in [-0.2, 0) is 4.79 Å². The van der Waals surface area contributed by atoms with Crippen molar-refractivity contribution in [1.82, 2.24) is 9.80 Å². The quantitative estimate of drug-likeness (QED) is 0.819. The van der Waals surface area contributed by atoms with Gasteiger partial charge in [0.15, 0.2) is 0 Å². The number of nitrogens with two attached hydrogens (primary N) is 1. The standard InChI is InChI=1S/C24H33N5O/c1-26-11-15-28(16-12-26)21-9-5-3-7-19(21)23(24(25)30)20-8-4-6-10-22(20)29-17-13-27(2)14-18-29/h3-10,23H,11-18H2,1-2H3,(H2,25,30). The van der Waals surface area contributed by atoms with Gasteiger partial charge in [0.1, 0.15) is 0 Å². The number of carbonyl (C=O) groups is 1. The highest BCUT2D eigenvalue weighted by molar-refractivity contribution is 5.89. The molecule has 0 atom stereocenters. The molecule has 1 amide bonds. The Labute approximate surface area is 179 Å². The molecule has 0 aromatic heterocycles. The van der Waals surface area contributed by atoms with E-state index in [4.69, 9.17) is 5.73 Å². The zero-order valence-electron chi connectivity index (χ0n) is 18.1. The fourth-order valence-corrected chi connectivity index (χ4v) is 4.61. The number of benzene rings is 2. The first-order valence-corrected chi connectivity index (χ1v) is 10.9. The summed E-state index contributed by atoms with van der Waals surface area (Å²) < 4.78 is 0. The SMILES string of the molecule is CN1CCN(c2ccccc2C(C(N)=O)c2ccccc2N2CCN(C)CC2)CC1. The molecule has 0 spiro atoms. The molecule has 2 N–H and O–H groups in total. The van der Waals surface area contributed by atoms with Gasteiger partial charge in [-0.1, -0.05) is 36.4 Å². The molecule has 4 rings (SSSR count). The van der Waals surface area contributed by atoms with Crippen LogP contribution in [0.25, 0.3) is 0 Å². The second-order valence-corrected chi connectivity index (χ2v) is 8.53. The van der Waals surface area contributed by atoms with Crippen molar-refractivity contribution in [2.75, 3.05) is 76.3 Å². The third-order valence-electron chi connectivity index (χ3n) is 6.47. The smallest absolute Gasteiger partial charge is 0.229 e. The monoisotopic (exact) mass is 407 g/mol. The number of likely N-dealkylation sites (N-methyl/N-ethyl adjacent to an activating group) is 2. The van der Waals surface area contributed by atoms with Crippen molar-refractivity contribution in [3.05, 3.63) is 59.7 Å². The lowest BCUT2D eigenvalue weighted by Crippen LogP contribution is -2.45. The number of hydrogen-bond acceptors (Lipinski definition) is 5. The summed E-state index contributed by atoms with van der Waals surface area (Å²) in [7, 11) is 4.31. The van der Waals surface area contributed by atoms with Gasteiger partial charge in [0.2, 0.25) is 5.91 Å². The zero-order chi connectivity index (χ0) is 21.1. The summed E-state index contributed by atoms with van der Waals surface area (Å²) >= 11 is 0. The Hall–Kier alpha value is -2.57. The fraction of sp³-hybridized carbons (Fsp3) is 0.458. The minimum Gasteiger partial charge on any atom is -0.369 e. The van der Waals surface area contributed by atoms with Gasteiger partial charge in [-0.3, -0.25) is 4.79 Å². The maximum atomic E-state index is 12.8. The molecule has 2 fully saturated rings. The van der Waals surface area contributed by atoms with Crippen LogP contribution in [0.1, 0.15) is 17.0 Å². The number of rotatable bonds is 5. The highest BCUT2D eigenvalue weighted by Crippen LogP contribution is 2.37. The molecule has 30 heavy (non-hydrogen) atoms. The molecule has 2 aliphatic heterocycles. The number of carbonyl (C=O) groups excluding carboxylic acids is 1. The van der Waals surface area contributed by atoms with Crippen molar-refractivity contribution < 1.29 is 4.79 Å². The predicted molar refractivity (Wildman–Crippen MR) is 123 cm³/mol. The highest BCUT2D eigenvalue weighted by atomic mass is 16.1. The van der Waals surface area contributed by atoms with Crippen LogP contribution in [0.3, 0.4) is 0 Å². The first-order valence-electron chi connectivity index (χ1n) is 10.9. The lowest BCUT2D eigenvalue weighted by atomic mass is 9.87. The number of nitrogens with zero attached hydrogens (tertiary/aromatic N) is 4. The van der Waals surface area contributed by atoms with Crippen LogP contribution in [-0.4, -0.2) is 82.2 Å². The number of piperazine rings is 2. The zero-order valence-corrected chi connectivity index (χ0v) is 18.1. The van der Waals surface area contributed by atoms with E-state index in [0.717, 1.165) is 74.9 Å². The third kappa shape index (κ3) is 4.30. The van der Waals surface area contributed by atoms with Gasteiger partial charge in [-0.2, -0.15) is 0 Å². The molecular weight excluding hydrogens is 374 g/mol. The summed E-state index contributed by atoms with van der Waals surface area (Å²) in [5.74, 6) is -0.755. The Bertz CT molecular complexity index is 804. The summed E-state index contributed by atoms with van der Waals surface area (Å²) in [5.41, 5.74) is 10.3. The average molecular weight is 408 g/mol. The van der Waals surface area contributed by atoms with Crippen LogP contribution in [0, 0.1) is 0 Å². The highest BCUT2D eigenvalue weighted by Gasteiger charge is 2.29. The van der Waals surface area contributed by atoms with Gasteiger partial charge in [0.25, 0.3) is 0 Å². The maximum Gasteiger partial charge on any atom is 0.229 e. The molecule has 0 unspecified atom stereocenters. The largest absolute Gasteiger partial charge is 0.369 e. The molecule has 2 aromatic carbocycles. The van der Waals surface area contributed by atoms with Gasteiger partial charge in [0, 0.05) is 63.7 Å². The first kappa shape index (κ1) is 20.7. The lowest BCUT2D eigenvalue weighted by Gasteiger charge is -2.37. The van der Waals surface area contributed by atoms with Crippen molar-refractivity contribution in [2.45, 2.75) is 5.92 Å². The number of amides is 1. The number of anilines is 2. The van der Waals surface area contributed by atoms with E-state index in [1.54, 1.807) is 0 Å². The minimum absolute atomic E-state index is 0.293. The third-order valence-corrected chi connectivity index (χ3v) is 6.47. The first-order chi connectivity index (χ1) is 14.5. The summed E-state index contributed by atoms with van der Waals surface area (Å²) in [6.45, 7) is 7.91. The van der Waals surface area contributed by atoms with Crippen molar-refractivity contribution in [3.8, 4) is 0 Å². The summed E-state index contributed by atoms with van der Waals surface area (Å²) in [6, 6.07) is 16.6. The Morgan fingerprint density at radius 2 is 1.07 bits per heavy atom. The summed E-state index contributed by atoms with van der Waals surface area (Å²) in [4.78, 5) is 22.3. The molecule has 2 aliphatic rings. The van der Waals surface area contributed by atoms with E-state index in [-0.39, 0.29) is 5.91 Å². The molecule has 0 radical (unpaired) electrons. The van der Waals surface area contributed by atoms with E-state index < -0.39 is 5.92 Å². The lowest BCUT2D eigenvalue weighted by molar-refractivity contribution is -0.118. The molecule has 2 saturated heterocycles. The van der Waals surface area contributed by atoms with Gasteiger partial charge in [0.05, 0.1) is 5.92 Å². The predicted octanol–water partition coefficient (Wildman–Crippen LogP) is 1.81. The molecule has 6 nitrogen and oxygen atoms in total. The van der Waals surface area contributed by atoms with E-state index in [1.165, 1.54) is 0 Å². The van der Waals surface area contributed by atoms with E-state index >= 15 is 0 Å². The van der Waals surface area contributed by atoms with Crippen molar-refractivity contribution in [3.63, 3.8) is 0 Å². The van der Waals surface area contributed by atoms with Gasteiger partial charge in [-0.15, -0.1) is 0 Å². The van der Waals surface area contributed by atoms with Crippen LogP contribution < -0.4 is 15.5 Å². The average Bonchev–Trinajstić information content (AvgIpc) is 2.76. The molecule has 6 heteroatoms. The van der Waals surface area contributed by atoms with E-state index in [9.17, 15) is 4.79 Å². The van der Waals surface area contributed by atoms with Gasteiger partial charge >= 0.3 is 0 Å². The Kier molecular flexibility index (Phi) is 6.25. The number of para-hydroxylation sites is 2. The van der Waals surface area contributed by atoms with Crippen LogP contribution in [0.15, 0.2) is 48.5 Å². The van der Waals surface area contributed by atoms with Gasteiger partial charge < -0.3 is 25.3 Å². The second kappa shape index (κ2) is 9.06. The van der Waals surface area contributed by atoms with Crippen molar-refractivity contribution >= 4 is 17.3 Å². The Morgan fingerprint density at radius 1 is 0.700 bits per heavy atom. The minimum atomic E-state index is -0.461.